The van der Waals surface area contributed by atoms with Crippen molar-refractivity contribution in [2.75, 3.05) is 11.1 Å². The van der Waals surface area contributed by atoms with E-state index in [1.165, 1.54) is 0 Å². The molecule has 92 valence electrons. The van der Waals surface area contributed by atoms with Crippen LogP contribution >= 0.6 is 0 Å². The van der Waals surface area contributed by atoms with Crippen molar-refractivity contribution < 1.29 is 4.79 Å². The van der Waals surface area contributed by atoms with Crippen LogP contribution in [0.3, 0.4) is 0 Å². The quantitative estimate of drug-likeness (QED) is 0.676. The molecule has 1 aromatic rings. The third kappa shape index (κ3) is 1.53. The number of aryl methyl sites for hydroxylation is 1. The number of nitrogens with two attached hydrogens (primary N) is 1. The van der Waals surface area contributed by atoms with Gasteiger partial charge in [0.05, 0.1) is 5.41 Å². The number of carbonyl (C=O) groups is 1. The van der Waals surface area contributed by atoms with E-state index in [0.29, 0.717) is 0 Å². The lowest BCUT2D eigenvalue weighted by atomic mass is 9.65. The molecule has 1 fully saturated rings. The zero-order valence-electron chi connectivity index (χ0n) is 10.8. The molecule has 1 amide bonds. The van der Waals surface area contributed by atoms with Gasteiger partial charge in [-0.3, -0.25) is 4.79 Å². The summed E-state index contributed by atoms with van der Waals surface area (Å²) in [6.45, 7) is 5.99. The van der Waals surface area contributed by atoms with Crippen LogP contribution in [0.1, 0.15) is 44.2 Å². The smallest absolute Gasteiger partial charge is 0.235 e. The summed E-state index contributed by atoms with van der Waals surface area (Å²) in [5.74, 6) is 0.164. The highest BCUT2D eigenvalue weighted by molar-refractivity contribution is 6.08. The van der Waals surface area contributed by atoms with Crippen molar-refractivity contribution >= 4 is 17.3 Å². The predicted molar refractivity (Wildman–Crippen MR) is 71.1 cm³/mol. The number of anilines is 2. The van der Waals surface area contributed by atoms with E-state index in [1.807, 2.05) is 32.9 Å². The first kappa shape index (κ1) is 12.0. The summed E-state index contributed by atoms with van der Waals surface area (Å²) in [4.78, 5) is 11.9. The van der Waals surface area contributed by atoms with E-state index in [0.717, 1.165) is 41.8 Å². The molecular formula is C14H20N2O. The summed E-state index contributed by atoms with van der Waals surface area (Å²) >= 11 is 0. The number of nitrogen functional groups attached to an aromatic ring is 1. The Morgan fingerprint density at radius 3 is 2.47 bits per heavy atom. The van der Waals surface area contributed by atoms with Gasteiger partial charge in [0.2, 0.25) is 5.91 Å². The average molecular weight is 232 g/mol. The minimum atomic E-state index is -0.241. The Hall–Kier alpha value is -1.51. The van der Waals surface area contributed by atoms with Crippen molar-refractivity contribution in [2.24, 2.45) is 0 Å². The summed E-state index contributed by atoms with van der Waals surface area (Å²) in [6, 6.07) is 3.87. The van der Waals surface area contributed by atoms with E-state index in [-0.39, 0.29) is 11.3 Å². The van der Waals surface area contributed by atoms with Crippen LogP contribution in [0.5, 0.6) is 0 Å². The first-order valence-electron chi connectivity index (χ1n) is 6.35. The molecule has 0 aromatic heterocycles. The number of rotatable bonds is 0. The number of hydrogen-bond donors (Lipinski definition) is 2. The van der Waals surface area contributed by atoms with Gasteiger partial charge in [-0.2, -0.15) is 0 Å². The molecule has 3 nitrogen and oxygen atoms in total. The van der Waals surface area contributed by atoms with Gasteiger partial charge in [0, 0.05) is 11.4 Å². The predicted octanol–water partition coefficient (Wildman–Crippen LogP) is 2.98. The number of hydrogen-bond acceptors (Lipinski definition) is 2. The molecule has 2 aliphatic rings. The molecular weight excluding hydrogens is 212 g/mol. The maximum atomic E-state index is 11.9. The van der Waals surface area contributed by atoms with Gasteiger partial charge in [-0.15, -0.1) is 0 Å². The van der Waals surface area contributed by atoms with Crippen LogP contribution in [0.25, 0.3) is 0 Å². The van der Waals surface area contributed by atoms with Crippen molar-refractivity contribution in [3.8, 4) is 0 Å². The summed E-state index contributed by atoms with van der Waals surface area (Å²) in [7, 11) is 0. The molecule has 0 unspecified atom stereocenters. The van der Waals surface area contributed by atoms with Gasteiger partial charge in [-0.25, -0.2) is 0 Å². The Bertz CT molecular complexity index is 462. The van der Waals surface area contributed by atoms with Gasteiger partial charge in [0.1, 0.15) is 0 Å². The summed E-state index contributed by atoms with van der Waals surface area (Å²) in [5.41, 5.74) is 9.54. The highest BCUT2D eigenvalue weighted by Gasteiger charge is 2.51. The molecule has 3 N–H and O–H groups in total. The number of nitrogens with one attached hydrogen (secondary N) is 1. The van der Waals surface area contributed by atoms with Gasteiger partial charge in [0.25, 0.3) is 0 Å². The largest absolute Gasteiger partial charge is 0.399 e. The van der Waals surface area contributed by atoms with Crippen LogP contribution in [0.15, 0.2) is 12.1 Å². The van der Waals surface area contributed by atoms with Crippen molar-refractivity contribution in [3.63, 3.8) is 0 Å². The SMILES string of the molecule is CC.Cc1cc(N)cc2c1NC(=O)C21CCC1. The molecule has 1 heterocycles. The topological polar surface area (TPSA) is 55.1 Å². The molecule has 1 aliphatic heterocycles. The number of fused-ring (bicyclic) bond motifs is 2. The van der Waals surface area contributed by atoms with E-state index < -0.39 is 0 Å². The Balaban J connectivity index is 0.000000514. The van der Waals surface area contributed by atoms with E-state index in [2.05, 4.69) is 5.32 Å². The lowest BCUT2D eigenvalue weighted by molar-refractivity contribution is -0.123. The molecule has 17 heavy (non-hydrogen) atoms. The lowest BCUT2D eigenvalue weighted by Crippen LogP contribution is -2.40. The van der Waals surface area contributed by atoms with Gasteiger partial charge >= 0.3 is 0 Å². The second-order valence-electron chi connectivity index (χ2n) is 4.65. The first-order chi connectivity index (χ1) is 8.13. The Labute approximate surface area is 102 Å². The molecule has 0 saturated heterocycles. The van der Waals surface area contributed by atoms with Crippen molar-refractivity contribution in [1.82, 2.24) is 0 Å². The molecule has 1 spiro atoms. The standard InChI is InChI=1S/C12H14N2O.C2H6/c1-7-5-8(13)6-9-10(7)14-11(15)12(9)3-2-4-12;1-2/h5-6H,2-4,13H2,1H3,(H,14,15);1-2H3. The molecule has 0 radical (unpaired) electrons. The summed E-state index contributed by atoms with van der Waals surface area (Å²) in [6.07, 6.45) is 3.07. The molecule has 1 saturated carbocycles. The fraction of sp³-hybridized carbons (Fsp3) is 0.500. The maximum Gasteiger partial charge on any atom is 0.235 e. The average Bonchev–Trinajstić information content (AvgIpc) is 2.53. The van der Waals surface area contributed by atoms with Gasteiger partial charge in [-0.1, -0.05) is 20.3 Å². The molecule has 0 bridgehead atoms. The normalized spacial score (nSPS) is 18.9. The molecule has 0 atom stereocenters. The van der Waals surface area contributed by atoms with Crippen LogP contribution < -0.4 is 11.1 Å². The second kappa shape index (κ2) is 4.06. The van der Waals surface area contributed by atoms with Crippen molar-refractivity contribution in [1.29, 1.82) is 0 Å². The van der Waals surface area contributed by atoms with Crippen molar-refractivity contribution in [2.45, 2.75) is 45.4 Å². The van der Waals surface area contributed by atoms with Crippen LogP contribution in [-0.2, 0) is 10.2 Å². The monoisotopic (exact) mass is 232 g/mol. The third-order valence-corrected chi connectivity index (χ3v) is 3.75. The molecule has 1 aromatic carbocycles. The number of amides is 1. The van der Waals surface area contributed by atoms with Gasteiger partial charge in [-0.05, 0) is 43.0 Å². The van der Waals surface area contributed by atoms with E-state index >= 15 is 0 Å². The zero-order valence-corrected chi connectivity index (χ0v) is 10.8. The van der Waals surface area contributed by atoms with Crippen LogP contribution in [0.2, 0.25) is 0 Å². The fourth-order valence-electron chi connectivity index (χ4n) is 2.74. The maximum absolute atomic E-state index is 11.9. The highest BCUT2D eigenvalue weighted by Crippen LogP contribution is 2.52. The first-order valence-corrected chi connectivity index (χ1v) is 6.35. The Kier molecular flexibility index (Phi) is 2.86. The third-order valence-electron chi connectivity index (χ3n) is 3.75. The Morgan fingerprint density at radius 2 is 1.94 bits per heavy atom. The van der Waals surface area contributed by atoms with Crippen LogP contribution in [0.4, 0.5) is 11.4 Å². The molecule has 3 rings (SSSR count). The molecule has 1 aliphatic carbocycles. The summed E-state index contributed by atoms with van der Waals surface area (Å²) < 4.78 is 0. The zero-order chi connectivity index (χ0) is 12.6. The summed E-state index contributed by atoms with van der Waals surface area (Å²) in [5, 5.41) is 2.99. The van der Waals surface area contributed by atoms with E-state index in [9.17, 15) is 4.79 Å². The van der Waals surface area contributed by atoms with Crippen LogP contribution in [0, 0.1) is 6.92 Å². The Morgan fingerprint density at radius 1 is 1.29 bits per heavy atom. The highest BCUT2D eigenvalue weighted by atomic mass is 16.2. The number of carbonyl (C=O) groups excluding carboxylic acids is 1. The minimum absolute atomic E-state index is 0.164. The van der Waals surface area contributed by atoms with Gasteiger partial charge < -0.3 is 11.1 Å². The lowest BCUT2D eigenvalue weighted by Gasteiger charge is -2.36. The van der Waals surface area contributed by atoms with Crippen molar-refractivity contribution in [3.05, 3.63) is 23.3 Å². The van der Waals surface area contributed by atoms with E-state index in [4.69, 9.17) is 5.73 Å². The van der Waals surface area contributed by atoms with Crippen LogP contribution in [-0.4, -0.2) is 5.91 Å². The second-order valence-corrected chi connectivity index (χ2v) is 4.65. The number of benzene rings is 1. The van der Waals surface area contributed by atoms with Gasteiger partial charge in [0.15, 0.2) is 0 Å². The van der Waals surface area contributed by atoms with E-state index in [1.54, 1.807) is 0 Å². The minimum Gasteiger partial charge on any atom is -0.399 e. The fourth-order valence-corrected chi connectivity index (χ4v) is 2.74. The molecule has 3 heteroatoms.